The molecule has 0 heterocycles. The lowest BCUT2D eigenvalue weighted by atomic mass is 9.96. The molecule has 18 nitrogen and oxygen atoms in total. The van der Waals surface area contributed by atoms with Crippen LogP contribution in [0.5, 0.6) is 0 Å². The molecular formula is C43H91N3O15. The van der Waals surface area contributed by atoms with Crippen LogP contribution in [0.4, 0.5) is 0 Å². The van der Waals surface area contributed by atoms with Gasteiger partial charge in [-0.15, -0.1) is 0 Å². The van der Waals surface area contributed by atoms with Crippen LogP contribution in [0.3, 0.4) is 0 Å². The molecule has 0 aliphatic carbocycles. The normalized spacial score (nSPS) is 15.9. The lowest BCUT2D eigenvalue weighted by molar-refractivity contribution is -0.0611. The fourth-order valence-corrected chi connectivity index (χ4v) is 5.63. The highest BCUT2D eigenvalue weighted by molar-refractivity contribution is 4.73. The van der Waals surface area contributed by atoms with Crippen molar-refractivity contribution in [1.82, 2.24) is 15.5 Å². The third kappa shape index (κ3) is 38.3. The van der Waals surface area contributed by atoms with Gasteiger partial charge in [0.2, 0.25) is 0 Å². The van der Waals surface area contributed by atoms with Gasteiger partial charge in [0.25, 0.3) is 0 Å². The summed E-state index contributed by atoms with van der Waals surface area (Å²) in [4.78, 5) is 2.09. The van der Waals surface area contributed by atoms with Gasteiger partial charge in [0.15, 0.2) is 0 Å². The van der Waals surface area contributed by atoms with Gasteiger partial charge >= 0.3 is 0 Å². The number of aliphatic hydroxyl groups is 6. The molecule has 0 bridgehead atoms. The summed E-state index contributed by atoms with van der Waals surface area (Å²) in [5.74, 6) is 0. The van der Waals surface area contributed by atoms with Gasteiger partial charge in [-0.05, 0) is 20.8 Å². The van der Waals surface area contributed by atoms with Gasteiger partial charge in [-0.1, -0.05) is 41.5 Å². The number of nitrogens with zero attached hydrogens (tertiary/aromatic N) is 1. The lowest BCUT2D eigenvalue weighted by Gasteiger charge is -2.28. The first-order valence-corrected chi connectivity index (χ1v) is 22.2. The monoisotopic (exact) mass is 890 g/mol. The van der Waals surface area contributed by atoms with E-state index in [9.17, 15) is 30.6 Å². The van der Waals surface area contributed by atoms with E-state index in [1.165, 1.54) is 0 Å². The molecule has 8 N–H and O–H groups in total. The summed E-state index contributed by atoms with van der Waals surface area (Å²) in [6, 6.07) is 0. The van der Waals surface area contributed by atoms with Gasteiger partial charge in [-0.2, -0.15) is 0 Å². The van der Waals surface area contributed by atoms with Crippen LogP contribution in [-0.4, -0.2) is 237 Å². The smallest absolute Gasteiger partial charge is 0.101 e. The molecule has 6 atom stereocenters. The molecule has 0 aromatic heterocycles. The van der Waals surface area contributed by atoms with Crippen molar-refractivity contribution in [1.29, 1.82) is 0 Å². The maximum atomic E-state index is 10.9. The molecule has 61 heavy (non-hydrogen) atoms. The Labute approximate surface area is 368 Å². The fourth-order valence-electron chi connectivity index (χ4n) is 5.63. The van der Waals surface area contributed by atoms with Crippen molar-refractivity contribution in [3.8, 4) is 0 Å². The fraction of sp³-hybridized carbons (Fsp3) is 1.00. The zero-order chi connectivity index (χ0) is 46.0. The predicted octanol–water partition coefficient (Wildman–Crippen LogP) is -0.0793. The standard InChI is InChI=1S/C43H91N3O15/c1-10-53-23-38(50)26-59-32-41(4,5)29-56-20-35(47)17-44-13-15-46(19-37(49)22-58-31-43(8,9)34-61-28-40(52)25-55-12-3)16-14-45-18-36(48)21-57-30-42(6,7)33-60-27-39(51)24-54-11-2/h35-40,44-45,47-52H,10-34H2,1-9H3. The zero-order valence-electron chi connectivity index (χ0n) is 39.4. The van der Waals surface area contributed by atoms with Gasteiger partial charge in [0.05, 0.1) is 117 Å². The van der Waals surface area contributed by atoms with Crippen LogP contribution in [-0.2, 0) is 42.6 Å². The molecule has 0 aromatic rings. The van der Waals surface area contributed by atoms with Crippen LogP contribution < -0.4 is 10.6 Å². The van der Waals surface area contributed by atoms with Gasteiger partial charge in [-0.25, -0.2) is 0 Å². The van der Waals surface area contributed by atoms with E-state index >= 15 is 0 Å². The van der Waals surface area contributed by atoms with E-state index in [1.807, 2.05) is 62.3 Å². The quantitative estimate of drug-likeness (QED) is 0.0374. The number of nitrogens with one attached hydrogen (secondary N) is 2. The van der Waals surface area contributed by atoms with E-state index < -0.39 is 36.6 Å². The topological polar surface area (TPSA) is 232 Å². The predicted molar refractivity (Wildman–Crippen MR) is 234 cm³/mol. The summed E-state index contributed by atoms with van der Waals surface area (Å²) >= 11 is 0. The van der Waals surface area contributed by atoms with E-state index in [0.29, 0.717) is 105 Å². The Morgan fingerprint density at radius 3 is 0.902 bits per heavy atom. The maximum absolute atomic E-state index is 10.9. The summed E-state index contributed by atoms with van der Waals surface area (Å²) in [5, 5.41) is 68.4. The van der Waals surface area contributed by atoms with Crippen molar-refractivity contribution < 1.29 is 73.3 Å². The van der Waals surface area contributed by atoms with Gasteiger partial charge < -0.3 is 83.9 Å². The second-order valence-electron chi connectivity index (χ2n) is 18.2. The molecule has 0 fully saturated rings. The minimum Gasteiger partial charge on any atom is -0.389 e. The number of rotatable bonds is 45. The van der Waals surface area contributed by atoms with E-state index in [1.54, 1.807) is 0 Å². The Bertz CT molecular complexity index is 935. The Kier molecular flexibility index (Phi) is 36.1. The van der Waals surface area contributed by atoms with Crippen LogP contribution in [0.25, 0.3) is 0 Å². The Morgan fingerprint density at radius 2 is 0.623 bits per heavy atom. The van der Waals surface area contributed by atoms with Gasteiger partial charge in [0, 0.05) is 81.9 Å². The second kappa shape index (κ2) is 36.5. The van der Waals surface area contributed by atoms with Crippen molar-refractivity contribution in [2.45, 2.75) is 98.9 Å². The van der Waals surface area contributed by atoms with Crippen molar-refractivity contribution >= 4 is 0 Å². The van der Waals surface area contributed by atoms with E-state index in [-0.39, 0.29) is 75.7 Å². The minimum atomic E-state index is -0.761. The summed E-state index contributed by atoms with van der Waals surface area (Å²) in [6.45, 7) is 26.4. The van der Waals surface area contributed by atoms with Crippen molar-refractivity contribution in [2.75, 3.05) is 165 Å². The van der Waals surface area contributed by atoms with Gasteiger partial charge in [0.1, 0.15) is 18.3 Å². The number of hydrogen-bond donors (Lipinski definition) is 8. The highest BCUT2D eigenvalue weighted by Crippen LogP contribution is 2.18. The molecule has 18 heteroatoms. The molecule has 0 rings (SSSR count). The number of aliphatic hydroxyl groups excluding tert-OH is 6. The molecule has 0 saturated carbocycles. The SMILES string of the molecule is CCOCC(O)COCC(C)(C)COCC(O)CNCCN(CCNCC(O)COCC(C)(C)COCC(O)COCC)CC(O)COCC(C)(C)COCC(O)COCC. The first-order valence-electron chi connectivity index (χ1n) is 22.2. The van der Waals surface area contributed by atoms with Crippen molar-refractivity contribution in [3.05, 3.63) is 0 Å². The molecule has 0 aliphatic rings. The third-order valence-corrected chi connectivity index (χ3v) is 8.80. The maximum Gasteiger partial charge on any atom is 0.101 e. The average Bonchev–Trinajstić information content (AvgIpc) is 3.18. The van der Waals surface area contributed by atoms with Crippen molar-refractivity contribution in [2.24, 2.45) is 16.2 Å². The summed E-state index contributed by atoms with van der Waals surface area (Å²) < 4.78 is 50.1. The van der Waals surface area contributed by atoms with Crippen LogP contribution in [0, 0.1) is 16.2 Å². The molecule has 0 radical (unpaired) electrons. The zero-order valence-corrected chi connectivity index (χ0v) is 39.4. The molecule has 0 amide bonds. The largest absolute Gasteiger partial charge is 0.389 e. The molecule has 368 valence electrons. The van der Waals surface area contributed by atoms with Gasteiger partial charge in [-0.3, -0.25) is 4.90 Å². The molecule has 6 unspecified atom stereocenters. The Hall–Kier alpha value is -0.720. The number of hydrogen-bond acceptors (Lipinski definition) is 18. The first kappa shape index (κ1) is 60.3. The van der Waals surface area contributed by atoms with Crippen LogP contribution in [0.1, 0.15) is 62.3 Å². The third-order valence-electron chi connectivity index (χ3n) is 8.80. The highest BCUT2D eigenvalue weighted by atomic mass is 16.5. The van der Waals surface area contributed by atoms with Crippen LogP contribution in [0.2, 0.25) is 0 Å². The molecule has 0 aliphatic heterocycles. The van der Waals surface area contributed by atoms with E-state index in [0.717, 1.165) is 0 Å². The Balaban J connectivity index is 4.83. The number of ether oxygens (including phenoxy) is 9. The molecular weight excluding hydrogens is 798 g/mol. The molecule has 0 aromatic carbocycles. The van der Waals surface area contributed by atoms with Crippen LogP contribution >= 0.6 is 0 Å². The minimum absolute atomic E-state index is 0.129. The highest BCUT2D eigenvalue weighted by Gasteiger charge is 2.23. The second-order valence-corrected chi connectivity index (χ2v) is 18.2. The summed E-state index contributed by atoms with van der Waals surface area (Å²) in [5.41, 5.74) is -0.944. The molecule has 0 spiro atoms. The first-order chi connectivity index (χ1) is 28.8. The average molecular weight is 890 g/mol. The van der Waals surface area contributed by atoms with Crippen LogP contribution in [0.15, 0.2) is 0 Å². The Morgan fingerprint density at radius 1 is 0.377 bits per heavy atom. The lowest BCUT2D eigenvalue weighted by Crippen LogP contribution is -2.44. The summed E-state index contributed by atoms with van der Waals surface area (Å²) in [7, 11) is 0. The van der Waals surface area contributed by atoms with E-state index in [2.05, 4.69) is 15.5 Å². The summed E-state index contributed by atoms with van der Waals surface area (Å²) in [6.07, 6.45) is -4.25. The van der Waals surface area contributed by atoms with E-state index in [4.69, 9.17) is 42.6 Å². The van der Waals surface area contributed by atoms with Crippen molar-refractivity contribution in [3.63, 3.8) is 0 Å². The molecule has 0 saturated heterocycles.